The summed E-state index contributed by atoms with van der Waals surface area (Å²) in [5.74, 6) is 0.518. The van der Waals surface area contributed by atoms with Crippen LogP contribution in [0.5, 0.6) is 0 Å². The van der Waals surface area contributed by atoms with E-state index in [2.05, 4.69) is 13.8 Å². The third kappa shape index (κ3) is 2.50. The summed E-state index contributed by atoms with van der Waals surface area (Å²) < 4.78 is 5.33. The fourth-order valence-electron chi connectivity index (χ4n) is 1.57. The van der Waals surface area contributed by atoms with Crippen LogP contribution in [0.4, 0.5) is 0 Å². The number of cyclic esters (lactones) is 1. The fraction of sp³-hybridized carbons (Fsp3) is 0.900. The third-order valence-electron chi connectivity index (χ3n) is 2.68. The molecular formula is C10H18O2. The second-order valence-corrected chi connectivity index (χ2v) is 3.66. The maximum Gasteiger partial charge on any atom is 0.306 e. The molecule has 2 atom stereocenters. The molecule has 1 aliphatic heterocycles. The first-order valence-electron chi connectivity index (χ1n) is 4.93. The van der Waals surface area contributed by atoms with Crippen LogP contribution in [0.2, 0.25) is 0 Å². The van der Waals surface area contributed by atoms with Crippen LogP contribution in [0.15, 0.2) is 0 Å². The quantitative estimate of drug-likeness (QED) is 0.595. The van der Waals surface area contributed by atoms with Crippen molar-refractivity contribution in [2.75, 3.05) is 0 Å². The second kappa shape index (κ2) is 4.48. The SMILES string of the molecule is CCC(C)C1CCCCC(=O)O1. The molecule has 0 saturated carbocycles. The first-order valence-corrected chi connectivity index (χ1v) is 4.93. The highest BCUT2D eigenvalue weighted by molar-refractivity contribution is 5.69. The van der Waals surface area contributed by atoms with Gasteiger partial charge < -0.3 is 4.74 Å². The molecule has 0 aliphatic carbocycles. The van der Waals surface area contributed by atoms with Crippen molar-refractivity contribution in [2.45, 2.75) is 52.1 Å². The number of carbonyl (C=O) groups excluding carboxylic acids is 1. The van der Waals surface area contributed by atoms with Crippen LogP contribution in [0.25, 0.3) is 0 Å². The van der Waals surface area contributed by atoms with E-state index in [9.17, 15) is 4.79 Å². The Morgan fingerprint density at radius 3 is 3.00 bits per heavy atom. The fourth-order valence-corrected chi connectivity index (χ4v) is 1.57. The molecule has 0 N–H and O–H groups in total. The molecule has 0 aromatic carbocycles. The van der Waals surface area contributed by atoms with Crippen molar-refractivity contribution in [2.24, 2.45) is 5.92 Å². The van der Waals surface area contributed by atoms with E-state index in [4.69, 9.17) is 4.74 Å². The zero-order valence-electron chi connectivity index (χ0n) is 8.01. The maximum absolute atomic E-state index is 11.1. The van der Waals surface area contributed by atoms with Gasteiger partial charge in [-0.2, -0.15) is 0 Å². The van der Waals surface area contributed by atoms with Crippen molar-refractivity contribution in [3.8, 4) is 0 Å². The van der Waals surface area contributed by atoms with Gasteiger partial charge in [0.1, 0.15) is 6.10 Å². The van der Waals surface area contributed by atoms with Gasteiger partial charge in [-0.05, 0) is 25.2 Å². The first-order chi connectivity index (χ1) is 5.74. The number of carbonyl (C=O) groups is 1. The topological polar surface area (TPSA) is 26.3 Å². The molecule has 0 bridgehead atoms. The van der Waals surface area contributed by atoms with Crippen LogP contribution in [-0.2, 0) is 9.53 Å². The molecule has 0 spiro atoms. The minimum atomic E-state index is -0.00204. The van der Waals surface area contributed by atoms with Gasteiger partial charge in [0.15, 0.2) is 0 Å². The van der Waals surface area contributed by atoms with Crippen molar-refractivity contribution in [3.63, 3.8) is 0 Å². The van der Waals surface area contributed by atoms with Crippen LogP contribution < -0.4 is 0 Å². The van der Waals surface area contributed by atoms with E-state index in [0.29, 0.717) is 12.3 Å². The average molecular weight is 170 g/mol. The molecule has 1 fully saturated rings. The number of hydrogen-bond donors (Lipinski definition) is 0. The highest BCUT2D eigenvalue weighted by Gasteiger charge is 2.22. The van der Waals surface area contributed by atoms with Gasteiger partial charge >= 0.3 is 5.97 Å². The van der Waals surface area contributed by atoms with Gasteiger partial charge in [0.2, 0.25) is 0 Å². The largest absolute Gasteiger partial charge is 0.462 e. The van der Waals surface area contributed by atoms with Gasteiger partial charge in [0.25, 0.3) is 0 Å². The lowest BCUT2D eigenvalue weighted by atomic mass is 9.98. The van der Waals surface area contributed by atoms with Gasteiger partial charge in [-0.25, -0.2) is 0 Å². The summed E-state index contributed by atoms with van der Waals surface area (Å²) >= 11 is 0. The lowest BCUT2D eigenvalue weighted by molar-refractivity contribution is -0.150. The van der Waals surface area contributed by atoms with Crippen LogP contribution in [0, 0.1) is 5.92 Å². The Morgan fingerprint density at radius 2 is 2.33 bits per heavy atom. The average Bonchev–Trinajstić information content (AvgIpc) is 2.28. The normalized spacial score (nSPS) is 27.5. The van der Waals surface area contributed by atoms with E-state index in [1.54, 1.807) is 0 Å². The predicted octanol–water partition coefficient (Wildman–Crippen LogP) is 2.52. The van der Waals surface area contributed by atoms with Crippen molar-refractivity contribution in [3.05, 3.63) is 0 Å². The molecule has 1 saturated heterocycles. The number of ether oxygens (including phenoxy) is 1. The Bertz CT molecular complexity index is 154. The molecule has 2 heteroatoms. The van der Waals surface area contributed by atoms with Crippen molar-refractivity contribution < 1.29 is 9.53 Å². The highest BCUT2D eigenvalue weighted by Crippen LogP contribution is 2.21. The summed E-state index contributed by atoms with van der Waals surface area (Å²) in [6, 6.07) is 0. The van der Waals surface area contributed by atoms with E-state index in [1.165, 1.54) is 0 Å². The molecular weight excluding hydrogens is 152 g/mol. The van der Waals surface area contributed by atoms with Crippen molar-refractivity contribution >= 4 is 5.97 Å². The minimum Gasteiger partial charge on any atom is -0.462 e. The lowest BCUT2D eigenvalue weighted by Crippen LogP contribution is -2.22. The van der Waals surface area contributed by atoms with Crippen LogP contribution >= 0.6 is 0 Å². The van der Waals surface area contributed by atoms with E-state index < -0.39 is 0 Å². The Morgan fingerprint density at radius 1 is 1.58 bits per heavy atom. The van der Waals surface area contributed by atoms with Crippen molar-refractivity contribution in [1.29, 1.82) is 0 Å². The predicted molar refractivity (Wildman–Crippen MR) is 47.8 cm³/mol. The molecule has 2 nitrogen and oxygen atoms in total. The number of esters is 1. The summed E-state index contributed by atoms with van der Waals surface area (Å²) in [5.41, 5.74) is 0. The Kier molecular flexibility index (Phi) is 3.57. The molecule has 1 rings (SSSR count). The summed E-state index contributed by atoms with van der Waals surface area (Å²) in [5, 5.41) is 0. The Labute approximate surface area is 74.3 Å². The van der Waals surface area contributed by atoms with Gasteiger partial charge in [0.05, 0.1) is 0 Å². The molecule has 2 unspecified atom stereocenters. The van der Waals surface area contributed by atoms with Crippen LogP contribution in [0.1, 0.15) is 46.0 Å². The van der Waals surface area contributed by atoms with E-state index >= 15 is 0 Å². The van der Waals surface area contributed by atoms with Crippen molar-refractivity contribution in [1.82, 2.24) is 0 Å². The molecule has 0 aromatic rings. The highest BCUT2D eigenvalue weighted by atomic mass is 16.5. The van der Waals surface area contributed by atoms with Gasteiger partial charge in [-0.3, -0.25) is 4.79 Å². The molecule has 1 heterocycles. The van der Waals surface area contributed by atoms with E-state index in [-0.39, 0.29) is 12.1 Å². The van der Waals surface area contributed by atoms with Crippen LogP contribution in [-0.4, -0.2) is 12.1 Å². The summed E-state index contributed by atoms with van der Waals surface area (Å²) in [4.78, 5) is 11.1. The zero-order chi connectivity index (χ0) is 8.97. The van der Waals surface area contributed by atoms with Gasteiger partial charge in [0, 0.05) is 6.42 Å². The number of rotatable bonds is 2. The monoisotopic (exact) mass is 170 g/mol. The summed E-state index contributed by atoms with van der Waals surface area (Å²) in [6.45, 7) is 4.30. The molecule has 12 heavy (non-hydrogen) atoms. The molecule has 0 aromatic heterocycles. The first kappa shape index (κ1) is 9.56. The second-order valence-electron chi connectivity index (χ2n) is 3.66. The lowest BCUT2D eigenvalue weighted by Gasteiger charge is -2.20. The molecule has 70 valence electrons. The summed E-state index contributed by atoms with van der Waals surface area (Å²) in [6.07, 6.45) is 5.10. The Hall–Kier alpha value is -0.530. The molecule has 1 aliphatic rings. The standard InChI is InChI=1S/C10H18O2/c1-3-8(2)9-6-4-5-7-10(11)12-9/h8-9H,3-7H2,1-2H3. The smallest absolute Gasteiger partial charge is 0.306 e. The third-order valence-corrected chi connectivity index (χ3v) is 2.68. The molecule has 0 amide bonds. The number of hydrogen-bond acceptors (Lipinski definition) is 2. The van der Waals surface area contributed by atoms with E-state index in [0.717, 1.165) is 25.7 Å². The van der Waals surface area contributed by atoms with E-state index in [1.807, 2.05) is 0 Å². The summed E-state index contributed by atoms with van der Waals surface area (Å²) in [7, 11) is 0. The minimum absolute atomic E-state index is 0.00204. The Balaban J connectivity index is 2.46. The zero-order valence-corrected chi connectivity index (χ0v) is 8.01. The maximum atomic E-state index is 11.1. The van der Waals surface area contributed by atoms with Crippen LogP contribution in [0.3, 0.4) is 0 Å². The van der Waals surface area contributed by atoms with Gasteiger partial charge in [-0.1, -0.05) is 20.3 Å². The van der Waals surface area contributed by atoms with Gasteiger partial charge in [-0.15, -0.1) is 0 Å². The molecule has 0 radical (unpaired) electrons.